The van der Waals surface area contributed by atoms with Crippen LogP contribution in [0.3, 0.4) is 0 Å². The fourth-order valence-corrected chi connectivity index (χ4v) is 4.45. The van der Waals surface area contributed by atoms with Crippen molar-refractivity contribution in [3.63, 3.8) is 0 Å². The number of Topliss-reactive ketones (excluding diaryl/α,β-unsaturated/α-hetero) is 1. The summed E-state index contributed by atoms with van der Waals surface area (Å²) in [6.07, 6.45) is 4.46. The van der Waals surface area contributed by atoms with Gasteiger partial charge in [0.05, 0.1) is 7.11 Å². The number of ether oxygens (including phenoxy) is 1. The molecule has 0 saturated carbocycles. The molecule has 1 fully saturated rings. The topological polar surface area (TPSA) is 62.4 Å². The molecule has 1 saturated heterocycles. The number of carbonyl (C=O) groups is 2. The van der Waals surface area contributed by atoms with Gasteiger partial charge in [-0.25, -0.2) is 0 Å². The van der Waals surface area contributed by atoms with E-state index >= 15 is 0 Å². The lowest BCUT2D eigenvalue weighted by Gasteiger charge is -2.32. The highest BCUT2D eigenvalue weighted by Crippen LogP contribution is 2.34. The second-order valence-electron chi connectivity index (χ2n) is 7.74. The molecule has 0 unspecified atom stereocenters. The Labute approximate surface area is 184 Å². The summed E-state index contributed by atoms with van der Waals surface area (Å²) in [5.41, 5.74) is 3.05. The van der Waals surface area contributed by atoms with Gasteiger partial charge < -0.3 is 14.6 Å². The number of halogens is 1. The first-order valence-corrected chi connectivity index (χ1v) is 11.1. The minimum atomic E-state index is 0.0125. The van der Waals surface area contributed by atoms with E-state index in [0.29, 0.717) is 11.5 Å². The maximum atomic E-state index is 12.6. The number of amides is 1. The third-order valence-electron chi connectivity index (χ3n) is 5.94. The average Bonchev–Trinajstić information content (AvgIpc) is 3.21. The van der Waals surface area contributed by atoms with Crippen LogP contribution in [-0.2, 0) is 4.79 Å². The van der Waals surface area contributed by atoms with Gasteiger partial charge in [-0.1, -0.05) is 28.1 Å². The monoisotopic (exact) mass is 468 g/mol. The third-order valence-corrected chi connectivity index (χ3v) is 6.47. The van der Waals surface area contributed by atoms with Gasteiger partial charge in [-0.2, -0.15) is 0 Å². The van der Waals surface area contributed by atoms with Crippen molar-refractivity contribution in [2.45, 2.75) is 31.6 Å². The van der Waals surface area contributed by atoms with E-state index in [1.165, 1.54) is 10.9 Å². The van der Waals surface area contributed by atoms with Crippen LogP contribution in [0.2, 0.25) is 0 Å². The molecule has 3 aromatic rings. The summed E-state index contributed by atoms with van der Waals surface area (Å²) >= 11 is 3.37. The van der Waals surface area contributed by atoms with Crippen molar-refractivity contribution in [1.29, 1.82) is 0 Å². The molecule has 156 valence electrons. The van der Waals surface area contributed by atoms with Gasteiger partial charge in [-0.3, -0.25) is 9.59 Å². The number of rotatable bonds is 6. The van der Waals surface area contributed by atoms with E-state index in [4.69, 9.17) is 4.74 Å². The lowest BCUT2D eigenvalue weighted by atomic mass is 9.89. The summed E-state index contributed by atoms with van der Waals surface area (Å²) in [7, 11) is 1.68. The molecule has 30 heavy (non-hydrogen) atoms. The SMILES string of the molecule is COc1ccc2[nH]cc(C3CCN(C(=O)CCC(=O)c4ccc(Br)cc4)CC3)c2c1. The summed E-state index contributed by atoms with van der Waals surface area (Å²) < 4.78 is 6.31. The fraction of sp³-hybridized carbons (Fsp3) is 0.333. The number of hydrogen-bond acceptors (Lipinski definition) is 3. The van der Waals surface area contributed by atoms with Gasteiger partial charge in [-0.15, -0.1) is 0 Å². The van der Waals surface area contributed by atoms with E-state index in [9.17, 15) is 9.59 Å². The predicted molar refractivity (Wildman–Crippen MR) is 121 cm³/mol. The number of H-pyrrole nitrogens is 1. The number of nitrogens with zero attached hydrogens (tertiary/aromatic N) is 1. The maximum Gasteiger partial charge on any atom is 0.223 e. The number of fused-ring (bicyclic) bond motifs is 1. The molecule has 2 aromatic carbocycles. The number of carbonyl (C=O) groups excluding carboxylic acids is 2. The number of piperidine rings is 1. The van der Waals surface area contributed by atoms with E-state index in [0.717, 1.165) is 41.7 Å². The van der Waals surface area contributed by atoms with Crippen molar-refractivity contribution in [2.24, 2.45) is 0 Å². The molecule has 1 aliphatic rings. The Hall–Kier alpha value is -2.60. The molecule has 1 N–H and O–H groups in total. The first kappa shape index (κ1) is 20.7. The smallest absolute Gasteiger partial charge is 0.223 e. The number of ketones is 1. The highest BCUT2D eigenvalue weighted by molar-refractivity contribution is 9.10. The summed E-state index contributed by atoms with van der Waals surface area (Å²) in [6.45, 7) is 1.46. The molecule has 1 aromatic heterocycles. The van der Waals surface area contributed by atoms with E-state index in [-0.39, 0.29) is 24.5 Å². The number of likely N-dealkylation sites (tertiary alicyclic amines) is 1. The largest absolute Gasteiger partial charge is 0.497 e. The number of methoxy groups -OCH3 is 1. The molecule has 0 aliphatic carbocycles. The Balaban J connectivity index is 1.32. The molecule has 0 bridgehead atoms. The summed E-state index contributed by atoms with van der Waals surface area (Å²) in [6, 6.07) is 13.3. The van der Waals surface area contributed by atoms with Gasteiger partial charge in [0.1, 0.15) is 5.75 Å². The van der Waals surface area contributed by atoms with Crippen LogP contribution in [0.4, 0.5) is 0 Å². The normalized spacial score (nSPS) is 14.8. The van der Waals surface area contributed by atoms with Crippen LogP contribution in [0.15, 0.2) is 53.1 Å². The third kappa shape index (κ3) is 4.43. The van der Waals surface area contributed by atoms with Crippen LogP contribution < -0.4 is 4.74 Å². The van der Waals surface area contributed by atoms with Gasteiger partial charge >= 0.3 is 0 Å². The second kappa shape index (κ2) is 9.04. The number of benzene rings is 2. The van der Waals surface area contributed by atoms with Crippen LogP contribution in [0.5, 0.6) is 5.75 Å². The summed E-state index contributed by atoms with van der Waals surface area (Å²) in [5.74, 6) is 1.35. The molecular weight excluding hydrogens is 444 g/mol. The number of aromatic nitrogens is 1. The second-order valence-corrected chi connectivity index (χ2v) is 8.66. The van der Waals surface area contributed by atoms with Crippen LogP contribution in [-0.4, -0.2) is 41.8 Å². The van der Waals surface area contributed by atoms with E-state index in [1.54, 1.807) is 19.2 Å². The Bertz CT molecular complexity index is 1050. The van der Waals surface area contributed by atoms with Crippen LogP contribution in [0, 0.1) is 0 Å². The lowest BCUT2D eigenvalue weighted by molar-refractivity contribution is -0.132. The lowest BCUT2D eigenvalue weighted by Crippen LogP contribution is -2.38. The molecule has 2 heterocycles. The van der Waals surface area contributed by atoms with Gasteiger partial charge in [0.2, 0.25) is 5.91 Å². The fourth-order valence-electron chi connectivity index (χ4n) is 4.18. The van der Waals surface area contributed by atoms with E-state index in [2.05, 4.69) is 33.2 Å². The highest BCUT2D eigenvalue weighted by atomic mass is 79.9. The number of aromatic amines is 1. The van der Waals surface area contributed by atoms with Gasteiger partial charge in [0.15, 0.2) is 5.78 Å². The molecule has 0 radical (unpaired) electrons. The quantitative estimate of drug-likeness (QED) is 0.498. The molecule has 4 rings (SSSR count). The van der Waals surface area contributed by atoms with Crippen molar-refractivity contribution < 1.29 is 14.3 Å². The Kier molecular flexibility index (Phi) is 6.23. The Morgan fingerprint density at radius 3 is 2.53 bits per heavy atom. The van der Waals surface area contributed by atoms with Crippen LogP contribution >= 0.6 is 15.9 Å². The Morgan fingerprint density at radius 1 is 1.10 bits per heavy atom. The van der Waals surface area contributed by atoms with Crippen molar-refractivity contribution in [3.05, 3.63) is 64.3 Å². The zero-order chi connectivity index (χ0) is 21.1. The molecule has 6 heteroatoms. The standard InChI is InChI=1S/C24H25BrN2O3/c1-30-19-6-7-22-20(14-19)21(15-26-22)16-10-12-27(13-11-16)24(29)9-8-23(28)17-2-4-18(25)5-3-17/h2-7,14-16,26H,8-13H2,1H3. The van der Waals surface area contributed by atoms with Gasteiger partial charge in [0, 0.05) is 53.1 Å². The molecule has 5 nitrogen and oxygen atoms in total. The predicted octanol–water partition coefficient (Wildman–Crippen LogP) is 5.31. The average molecular weight is 469 g/mol. The first-order valence-electron chi connectivity index (χ1n) is 10.3. The van der Waals surface area contributed by atoms with E-state index < -0.39 is 0 Å². The van der Waals surface area contributed by atoms with Crippen LogP contribution in [0.25, 0.3) is 10.9 Å². The minimum absolute atomic E-state index is 0.0125. The van der Waals surface area contributed by atoms with Gasteiger partial charge in [0.25, 0.3) is 0 Å². The van der Waals surface area contributed by atoms with Crippen molar-refractivity contribution >= 4 is 38.5 Å². The van der Waals surface area contributed by atoms with Crippen molar-refractivity contribution in [3.8, 4) is 5.75 Å². The molecule has 1 amide bonds. The van der Waals surface area contributed by atoms with Crippen LogP contribution in [0.1, 0.15) is 47.5 Å². The first-order chi connectivity index (χ1) is 14.5. The zero-order valence-electron chi connectivity index (χ0n) is 17.0. The minimum Gasteiger partial charge on any atom is -0.497 e. The number of nitrogens with one attached hydrogen (secondary N) is 1. The maximum absolute atomic E-state index is 12.6. The molecule has 0 atom stereocenters. The molecular formula is C24H25BrN2O3. The molecule has 0 spiro atoms. The summed E-state index contributed by atoms with van der Waals surface area (Å²) in [4.78, 5) is 30.2. The highest BCUT2D eigenvalue weighted by Gasteiger charge is 2.25. The number of hydrogen-bond donors (Lipinski definition) is 1. The van der Waals surface area contributed by atoms with E-state index in [1.807, 2.05) is 29.2 Å². The molecule has 1 aliphatic heterocycles. The zero-order valence-corrected chi connectivity index (χ0v) is 18.6. The summed E-state index contributed by atoms with van der Waals surface area (Å²) in [5, 5.41) is 1.19. The van der Waals surface area contributed by atoms with Crippen molar-refractivity contribution in [1.82, 2.24) is 9.88 Å². The Morgan fingerprint density at radius 2 is 1.83 bits per heavy atom. The van der Waals surface area contributed by atoms with Crippen molar-refractivity contribution in [2.75, 3.05) is 20.2 Å². The van der Waals surface area contributed by atoms with Gasteiger partial charge in [-0.05, 0) is 54.7 Å².